The molecule has 5 nitrogen and oxygen atoms in total. The van der Waals surface area contributed by atoms with Crippen molar-refractivity contribution in [2.45, 2.75) is 0 Å². The van der Waals surface area contributed by atoms with Crippen LogP contribution < -0.4 is 10.2 Å². The maximum atomic E-state index is 6.22. The second-order valence-electron chi connectivity index (χ2n) is 4.98. The van der Waals surface area contributed by atoms with Crippen LogP contribution in [0.1, 0.15) is 0 Å². The molecule has 0 aliphatic carbocycles. The molecular formula is C14H14ClN5. The first kappa shape index (κ1) is 11.9. The molecule has 6 heteroatoms. The van der Waals surface area contributed by atoms with Gasteiger partial charge < -0.3 is 15.2 Å². The van der Waals surface area contributed by atoms with Crippen LogP contribution in [0.3, 0.4) is 0 Å². The van der Waals surface area contributed by atoms with Crippen LogP contribution >= 0.6 is 11.6 Å². The number of anilines is 1. The quantitative estimate of drug-likeness (QED) is 0.674. The highest BCUT2D eigenvalue weighted by molar-refractivity contribution is 6.36. The Hall–Kier alpha value is -1.85. The summed E-state index contributed by atoms with van der Waals surface area (Å²) in [4.78, 5) is 14.0. The van der Waals surface area contributed by atoms with E-state index in [0.29, 0.717) is 5.15 Å². The van der Waals surface area contributed by atoms with Crippen molar-refractivity contribution in [3.05, 3.63) is 29.7 Å². The summed E-state index contributed by atoms with van der Waals surface area (Å²) >= 11 is 6.22. The van der Waals surface area contributed by atoms with Gasteiger partial charge in [-0.15, -0.1) is 0 Å². The first-order valence-electron chi connectivity index (χ1n) is 6.70. The molecule has 3 aromatic rings. The Morgan fingerprint density at radius 3 is 2.85 bits per heavy atom. The highest BCUT2D eigenvalue weighted by atomic mass is 35.5. The van der Waals surface area contributed by atoms with Gasteiger partial charge in [0, 0.05) is 42.8 Å². The molecule has 0 unspecified atom stereocenters. The van der Waals surface area contributed by atoms with Crippen LogP contribution in [0.5, 0.6) is 0 Å². The number of benzene rings is 1. The average Bonchev–Trinajstić information content (AvgIpc) is 2.87. The monoisotopic (exact) mass is 287 g/mol. The van der Waals surface area contributed by atoms with Crippen LogP contribution in [0, 0.1) is 0 Å². The van der Waals surface area contributed by atoms with Crippen molar-refractivity contribution in [1.82, 2.24) is 20.3 Å². The van der Waals surface area contributed by atoms with Crippen LogP contribution in [-0.4, -0.2) is 41.1 Å². The number of hydrogen-bond acceptors (Lipinski definition) is 4. The van der Waals surface area contributed by atoms with E-state index >= 15 is 0 Å². The number of rotatable bonds is 1. The molecular weight excluding hydrogens is 274 g/mol. The predicted molar refractivity (Wildman–Crippen MR) is 81.5 cm³/mol. The summed E-state index contributed by atoms with van der Waals surface area (Å²) in [6, 6.07) is 6.41. The predicted octanol–water partition coefficient (Wildman–Crippen LogP) is 2.17. The third-order valence-electron chi connectivity index (χ3n) is 3.81. The summed E-state index contributed by atoms with van der Waals surface area (Å²) in [6.45, 7) is 4.10. The van der Waals surface area contributed by atoms with E-state index in [9.17, 15) is 0 Å². The Labute approximate surface area is 121 Å². The Balaban J connectivity index is 1.91. The molecule has 0 amide bonds. The lowest BCUT2D eigenvalue weighted by molar-refractivity contribution is 0.589. The topological polar surface area (TPSA) is 56.8 Å². The maximum absolute atomic E-state index is 6.22. The van der Waals surface area contributed by atoms with Crippen LogP contribution in [0.4, 0.5) is 5.69 Å². The molecule has 1 saturated heterocycles. The van der Waals surface area contributed by atoms with E-state index in [-0.39, 0.29) is 0 Å². The fourth-order valence-electron chi connectivity index (χ4n) is 2.79. The number of hydrogen-bond donors (Lipinski definition) is 2. The highest BCUT2D eigenvalue weighted by Gasteiger charge is 2.14. The smallest absolute Gasteiger partial charge is 0.143 e. The largest absolute Gasteiger partial charge is 0.369 e. The van der Waals surface area contributed by atoms with Gasteiger partial charge in [-0.3, -0.25) is 0 Å². The van der Waals surface area contributed by atoms with Crippen molar-refractivity contribution < 1.29 is 0 Å². The van der Waals surface area contributed by atoms with Crippen molar-refractivity contribution in [3.63, 3.8) is 0 Å². The summed E-state index contributed by atoms with van der Waals surface area (Å²) in [5.74, 6) is 0. The minimum absolute atomic E-state index is 0.499. The molecule has 0 atom stereocenters. The molecule has 0 saturated carbocycles. The number of aromatic nitrogens is 3. The van der Waals surface area contributed by atoms with E-state index in [1.165, 1.54) is 12.0 Å². The number of H-pyrrole nitrogens is 1. The second-order valence-corrected chi connectivity index (χ2v) is 5.34. The summed E-state index contributed by atoms with van der Waals surface area (Å²) in [6.07, 6.45) is 1.48. The van der Waals surface area contributed by atoms with Crippen molar-refractivity contribution in [3.8, 4) is 0 Å². The van der Waals surface area contributed by atoms with Gasteiger partial charge in [0.2, 0.25) is 0 Å². The number of nitrogens with zero attached hydrogens (tertiary/aromatic N) is 3. The van der Waals surface area contributed by atoms with Crippen molar-refractivity contribution >= 4 is 39.2 Å². The van der Waals surface area contributed by atoms with Crippen LogP contribution in [0.2, 0.25) is 5.15 Å². The fraction of sp³-hybridized carbons (Fsp3) is 0.286. The van der Waals surface area contributed by atoms with Gasteiger partial charge in [-0.05, 0) is 18.2 Å². The lowest BCUT2D eigenvalue weighted by Gasteiger charge is -2.29. The van der Waals surface area contributed by atoms with Gasteiger partial charge in [-0.1, -0.05) is 11.6 Å². The second kappa shape index (κ2) is 4.61. The number of nitrogens with one attached hydrogen (secondary N) is 2. The van der Waals surface area contributed by atoms with E-state index in [1.54, 1.807) is 0 Å². The van der Waals surface area contributed by atoms with Crippen molar-refractivity contribution in [2.75, 3.05) is 31.1 Å². The molecule has 20 heavy (non-hydrogen) atoms. The molecule has 102 valence electrons. The number of aromatic amines is 1. The highest BCUT2D eigenvalue weighted by Crippen LogP contribution is 2.31. The lowest BCUT2D eigenvalue weighted by atomic mass is 10.1. The van der Waals surface area contributed by atoms with Gasteiger partial charge in [0.25, 0.3) is 0 Å². The van der Waals surface area contributed by atoms with Gasteiger partial charge in [0.05, 0.1) is 5.39 Å². The molecule has 2 aromatic heterocycles. The molecule has 0 radical (unpaired) electrons. The van der Waals surface area contributed by atoms with Gasteiger partial charge in [0.1, 0.15) is 17.1 Å². The molecule has 1 aromatic carbocycles. The molecule has 3 heterocycles. The molecule has 1 fully saturated rings. The van der Waals surface area contributed by atoms with E-state index in [2.05, 4.69) is 43.4 Å². The molecule has 0 bridgehead atoms. The normalized spacial score (nSPS) is 16.1. The fourth-order valence-corrected chi connectivity index (χ4v) is 3.03. The van der Waals surface area contributed by atoms with Crippen molar-refractivity contribution in [2.24, 2.45) is 0 Å². The first-order chi connectivity index (χ1) is 9.83. The van der Waals surface area contributed by atoms with Crippen LogP contribution in [-0.2, 0) is 0 Å². The number of fused-ring (bicyclic) bond motifs is 3. The average molecular weight is 288 g/mol. The van der Waals surface area contributed by atoms with E-state index in [0.717, 1.165) is 48.1 Å². The zero-order chi connectivity index (χ0) is 13.5. The van der Waals surface area contributed by atoms with Gasteiger partial charge in [0.15, 0.2) is 0 Å². The number of halogens is 1. The minimum atomic E-state index is 0.499. The maximum Gasteiger partial charge on any atom is 0.143 e. The summed E-state index contributed by atoms with van der Waals surface area (Å²) < 4.78 is 0. The van der Waals surface area contributed by atoms with Gasteiger partial charge >= 0.3 is 0 Å². The Morgan fingerprint density at radius 1 is 1.15 bits per heavy atom. The molecule has 0 spiro atoms. The third kappa shape index (κ3) is 1.82. The van der Waals surface area contributed by atoms with Gasteiger partial charge in [-0.25, -0.2) is 9.97 Å². The molecule has 4 rings (SSSR count). The zero-order valence-corrected chi connectivity index (χ0v) is 11.6. The Kier molecular flexibility index (Phi) is 2.75. The van der Waals surface area contributed by atoms with E-state index in [4.69, 9.17) is 11.6 Å². The van der Waals surface area contributed by atoms with E-state index in [1.807, 2.05) is 0 Å². The number of piperazine rings is 1. The third-order valence-corrected chi connectivity index (χ3v) is 4.10. The van der Waals surface area contributed by atoms with Gasteiger partial charge in [-0.2, -0.15) is 0 Å². The Bertz CT molecular complexity index is 776. The summed E-state index contributed by atoms with van der Waals surface area (Å²) in [5.41, 5.74) is 3.05. The SMILES string of the molecule is Clc1ncnc2[nH]c3ccc(N4CCNCC4)cc3c12. The minimum Gasteiger partial charge on any atom is -0.369 e. The first-order valence-corrected chi connectivity index (χ1v) is 7.08. The van der Waals surface area contributed by atoms with Crippen molar-refractivity contribution in [1.29, 1.82) is 0 Å². The summed E-state index contributed by atoms with van der Waals surface area (Å²) in [5, 5.41) is 5.85. The lowest BCUT2D eigenvalue weighted by Crippen LogP contribution is -2.43. The standard InChI is InChI=1S/C14H14ClN5/c15-13-12-10-7-9(20-5-3-16-4-6-20)1-2-11(10)19-14(12)18-8-17-13/h1-2,7-8,16H,3-6H2,(H,17,18,19). The Morgan fingerprint density at radius 2 is 2.00 bits per heavy atom. The molecule has 1 aliphatic rings. The van der Waals surface area contributed by atoms with Crippen LogP contribution in [0.25, 0.3) is 21.9 Å². The van der Waals surface area contributed by atoms with Crippen LogP contribution in [0.15, 0.2) is 24.5 Å². The summed E-state index contributed by atoms with van der Waals surface area (Å²) in [7, 11) is 0. The van der Waals surface area contributed by atoms with E-state index < -0.39 is 0 Å². The zero-order valence-electron chi connectivity index (χ0n) is 10.9. The molecule has 2 N–H and O–H groups in total. The molecule has 1 aliphatic heterocycles.